The molecule has 0 saturated heterocycles. The number of rotatable bonds is 3. The summed E-state index contributed by atoms with van der Waals surface area (Å²) in [7, 11) is -9.39. The van der Waals surface area contributed by atoms with E-state index >= 15 is 0 Å². The van der Waals surface area contributed by atoms with E-state index < -0.39 is 30.0 Å². The van der Waals surface area contributed by atoms with Crippen LogP contribution in [0.3, 0.4) is 0 Å². The van der Waals surface area contributed by atoms with E-state index in [0.29, 0.717) is 0 Å². The van der Waals surface area contributed by atoms with Crippen molar-refractivity contribution in [1.29, 1.82) is 0 Å². The predicted molar refractivity (Wildman–Crippen MR) is 83.2 cm³/mol. The number of halogens is 2. The minimum Gasteiger partial charge on any atom is -0.744 e. The number of benzene rings is 2. The third-order valence-electron chi connectivity index (χ3n) is 2.73. The Morgan fingerprint density at radius 2 is 0.958 bits per heavy atom. The second kappa shape index (κ2) is 8.87. The summed E-state index contributed by atoms with van der Waals surface area (Å²) in [4.78, 5) is -0.945. The van der Waals surface area contributed by atoms with E-state index in [2.05, 4.69) is 31.9 Å². The zero-order valence-electron chi connectivity index (χ0n) is 12.5. The topological polar surface area (TPSA) is 114 Å². The van der Waals surface area contributed by atoms with Gasteiger partial charge >= 0.3 is 37.7 Å². The predicted octanol–water partition coefficient (Wildman–Crippen LogP) is -3.31. The molecule has 118 valence electrons. The minimum absolute atomic E-state index is 0. The first-order chi connectivity index (χ1) is 10.00. The SMILES string of the molecule is O=S(=O)([O-])c1cc(-c2ccc(Br)c(S(=O)(=O)[O-])c2)ccc1Br.[Li+].[Li+]. The van der Waals surface area contributed by atoms with Gasteiger partial charge in [0.2, 0.25) is 0 Å². The van der Waals surface area contributed by atoms with Crippen molar-refractivity contribution in [1.82, 2.24) is 0 Å². The summed E-state index contributed by atoms with van der Waals surface area (Å²) in [5.74, 6) is 0. The Labute approximate surface area is 180 Å². The van der Waals surface area contributed by atoms with Crippen LogP contribution in [0.4, 0.5) is 0 Å². The van der Waals surface area contributed by atoms with Crippen LogP contribution in [0, 0.1) is 0 Å². The van der Waals surface area contributed by atoms with Gasteiger partial charge in [0, 0.05) is 8.95 Å². The Balaban J connectivity index is 0.00000264. The molecule has 24 heavy (non-hydrogen) atoms. The zero-order chi connectivity index (χ0) is 16.7. The number of hydrogen-bond acceptors (Lipinski definition) is 6. The molecule has 0 unspecified atom stereocenters. The molecular weight excluding hydrogens is 478 g/mol. The van der Waals surface area contributed by atoms with Gasteiger partial charge in [-0.3, -0.25) is 0 Å². The van der Waals surface area contributed by atoms with Gasteiger partial charge in [-0.15, -0.1) is 0 Å². The van der Waals surface area contributed by atoms with Crippen molar-refractivity contribution in [2.45, 2.75) is 9.79 Å². The third kappa shape index (κ3) is 5.71. The molecule has 0 aliphatic heterocycles. The smallest absolute Gasteiger partial charge is 0.744 e. The van der Waals surface area contributed by atoms with Crippen LogP contribution in [0.15, 0.2) is 55.1 Å². The second-order valence-electron chi connectivity index (χ2n) is 4.20. The molecular formula is C12H6Br2Li2O6S2. The molecule has 2 aromatic carbocycles. The molecule has 0 aromatic heterocycles. The van der Waals surface area contributed by atoms with Crippen molar-refractivity contribution in [3.8, 4) is 11.1 Å². The molecule has 0 N–H and O–H groups in total. The first kappa shape index (κ1) is 24.4. The van der Waals surface area contributed by atoms with E-state index in [4.69, 9.17) is 0 Å². The molecule has 6 nitrogen and oxygen atoms in total. The van der Waals surface area contributed by atoms with Crippen LogP contribution in [0.2, 0.25) is 0 Å². The van der Waals surface area contributed by atoms with E-state index in [0.717, 1.165) is 12.1 Å². The molecule has 0 bridgehead atoms. The van der Waals surface area contributed by atoms with Crippen LogP contribution in [-0.4, -0.2) is 25.9 Å². The van der Waals surface area contributed by atoms with Crippen LogP contribution in [-0.2, 0) is 20.2 Å². The van der Waals surface area contributed by atoms with E-state index in [1.54, 1.807) is 0 Å². The summed E-state index contributed by atoms with van der Waals surface area (Å²) in [6.07, 6.45) is 0. The molecule has 0 aliphatic carbocycles. The van der Waals surface area contributed by atoms with Crippen LogP contribution >= 0.6 is 31.9 Å². The zero-order valence-corrected chi connectivity index (χ0v) is 17.3. The van der Waals surface area contributed by atoms with Crippen LogP contribution in [0.25, 0.3) is 11.1 Å². The fraction of sp³-hybridized carbons (Fsp3) is 0. The van der Waals surface area contributed by atoms with Gasteiger partial charge in [-0.25, -0.2) is 16.8 Å². The maximum Gasteiger partial charge on any atom is 1.00 e. The molecule has 0 atom stereocenters. The normalized spacial score (nSPS) is 11.3. The molecule has 0 spiro atoms. The van der Waals surface area contributed by atoms with Crippen molar-refractivity contribution in [2.24, 2.45) is 0 Å². The average molecular weight is 484 g/mol. The Kier molecular flexibility index (Phi) is 9.02. The first-order valence-corrected chi connectivity index (χ1v) is 9.91. The van der Waals surface area contributed by atoms with Crippen molar-refractivity contribution in [2.75, 3.05) is 0 Å². The van der Waals surface area contributed by atoms with Crippen molar-refractivity contribution in [3.05, 3.63) is 45.3 Å². The van der Waals surface area contributed by atoms with Crippen LogP contribution < -0.4 is 37.7 Å². The molecule has 2 rings (SSSR count). The molecule has 0 fully saturated rings. The summed E-state index contributed by atoms with van der Waals surface area (Å²) in [6, 6.07) is 7.90. The summed E-state index contributed by atoms with van der Waals surface area (Å²) in [5.41, 5.74) is 0.574. The molecule has 0 radical (unpaired) electrons. The summed E-state index contributed by atoms with van der Waals surface area (Å²) in [5, 5.41) is 0. The molecule has 0 amide bonds. The van der Waals surface area contributed by atoms with Gasteiger partial charge in [-0.05, 0) is 67.3 Å². The Morgan fingerprint density at radius 1 is 0.667 bits per heavy atom. The van der Waals surface area contributed by atoms with Gasteiger partial charge < -0.3 is 9.11 Å². The van der Waals surface area contributed by atoms with Crippen molar-refractivity contribution in [3.63, 3.8) is 0 Å². The average Bonchev–Trinajstić information content (AvgIpc) is 2.37. The maximum atomic E-state index is 11.2. The monoisotopic (exact) mass is 482 g/mol. The number of hydrogen-bond donors (Lipinski definition) is 0. The minimum atomic E-state index is -4.70. The standard InChI is InChI=1S/C12H8Br2O6S2.2Li/c13-9-3-1-7(5-11(9)21(15,16)17)8-2-4-10(14)12(6-8)22(18,19)20;;/h1-6H,(H,15,16,17)(H,18,19,20);;/q;2*+1/p-2. The quantitative estimate of drug-likeness (QED) is 0.333. The van der Waals surface area contributed by atoms with Gasteiger partial charge in [0.05, 0.1) is 9.79 Å². The summed E-state index contributed by atoms with van der Waals surface area (Å²) < 4.78 is 67.3. The van der Waals surface area contributed by atoms with E-state index in [9.17, 15) is 25.9 Å². The third-order valence-corrected chi connectivity index (χ3v) is 6.40. The van der Waals surface area contributed by atoms with Gasteiger partial charge in [0.15, 0.2) is 0 Å². The molecule has 0 aliphatic rings. The van der Waals surface area contributed by atoms with Crippen LogP contribution in [0.5, 0.6) is 0 Å². The summed E-state index contributed by atoms with van der Waals surface area (Å²) >= 11 is 5.93. The Morgan fingerprint density at radius 3 is 1.21 bits per heavy atom. The Hall–Kier alpha value is 0.415. The second-order valence-corrected chi connectivity index (χ2v) is 8.60. The van der Waals surface area contributed by atoms with Gasteiger partial charge in [-0.1, -0.05) is 12.1 Å². The molecule has 2 aromatic rings. The summed E-state index contributed by atoms with van der Waals surface area (Å²) in [6.45, 7) is 0. The maximum absolute atomic E-state index is 11.2. The fourth-order valence-electron chi connectivity index (χ4n) is 1.75. The van der Waals surface area contributed by atoms with E-state index in [1.165, 1.54) is 24.3 Å². The van der Waals surface area contributed by atoms with Crippen molar-refractivity contribution < 1.29 is 63.7 Å². The Bertz CT molecular complexity index is 882. The largest absolute Gasteiger partial charge is 1.00 e. The van der Waals surface area contributed by atoms with Gasteiger partial charge in [0.25, 0.3) is 0 Å². The molecule has 0 saturated carbocycles. The fourth-order valence-corrected chi connectivity index (χ4v) is 4.59. The van der Waals surface area contributed by atoms with Gasteiger partial charge in [0.1, 0.15) is 20.2 Å². The first-order valence-electron chi connectivity index (χ1n) is 5.51. The molecule has 0 heterocycles. The van der Waals surface area contributed by atoms with Crippen LogP contribution in [0.1, 0.15) is 0 Å². The van der Waals surface area contributed by atoms with E-state index in [1.807, 2.05) is 0 Å². The van der Waals surface area contributed by atoms with Gasteiger partial charge in [-0.2, -0.15) is 0 Å². The van der Waals surface area contributed by atoms with Crippen molar-refractivity contribution >= 4 is 52.1 Å². The van der Waals surface area contributed by atoms with E-state index in [-0.39, 0.29) is 57.8 Å². The molecule has 12 heteroatoms.